The zero-order chi connectivity index (χ0) is 19.5. The summed E-state index contributed by atoms with van der Waals surface area (Å²) in [4.78, 5) is 22.2. The Morgan fingerprint density at radius 1 is 1.35 bits per heavy atom. The van der Waals surface area contributed by atoms with Crippen molar-refractivity contribution in [1.29, 1.82) is 0 Å². The van der Waals surface area contributed by atoms with Crippen LogP contribution < -0.4 is 11.1 Å². The molecular weight excluding hydrogens is 360 g/mol. The molecule has 0 spiro atoms. The smallest absolute Gasteiger partial charge is 0.293 e. The predicted octanol–water partition coefficient (Wildman–Crippen LogP) is 1.69. The summed E-state index contributed by atoms with van der Waals surface area (Å²) >= 11 is 0. The van der Waals surface area contributed by atoms with Crippen molar-refractivity contribution in [3.8, 4) is 0 Å². The highest BCUT2D eigenvalue weighted by molar-refractivity contribution is 7.89. The minimum absolute atomic E-state index is 0.128. The number of amides is 1. The Kier molecular flexibility index (Phi) is 6.19. The van der Waals surface area contributed by atoms with Crippen LogP contribution in [0.4, 0.5) is 11.4 Å². The third kappa shape index (κ3) is 3.96. The van der Waals surface area contributed by atoms with Gasteiger partial charge in [0.15, 0.2) is 0 Å². The first-order valence-corrected chi connectivity index (χ1v) is 10.0. The predicted molar refractivity (Wildman–Crippen MR) is 97.1 cm³/mol. The van der Waals surface area contributed by atoms with Crippen LogP contribution in [0, 0.1) is 16.0 Å². The van der Waals surface area contributed by atoms with Crippen LogP contribution in [-0.4, -0.2) is 42.7 Å². The molecule has 1 aromatic rings. The van der Waals surface area contributed by atoms with Crippen molar-refractivity contribution in [1.82, 2.24) is 4.31 Å². The molecule has 9 nitrogen and oxygen atoms in total. The largest absolute Gasteiger partial charge is 0.376 e. The summed E-state index contributed by atoms with van der Waals surface area (Å²) in [6.07, 6.45) is 2.10. The van der Waals surface area contributed by atoms with Crippen molar-refractivity contribution in [2.24, 2.45) is 11.7 Å². The van der Waals surface area contributed by atoms with E-state index in [1.165, 1.54) is 16.4 Å². The molecule has 144 valence electrons. The van der Waals surface area contributed by atoms with Crippen LogP contribution in [0.25, 0.3) is 0 Å². The van der Waals surface area contributed by atoms with Crippen LogP contribution >= 0.6 is 0 Å². The number of sulfonamides is 1. The summed E-state index contributed by atoms with van der Waals surface area (Å²) in [6, 6.07) is 3.49. The van der Waals surface area contributed by atoms with Gasteiger partial charge in [0.2, 0.25) is 15.9 Å². The molecule has 1 aromatic carbocycles. The van der Waals surface area contributed by atoms with E-state index in [1.807, 2.05) is 0 Å². The molecule has 0 aliphatic heterocycles. The molecule has 1 fully saturated rings. The van der Waals surface area contributed by atoms with E-state index < -0.39 is 26.8 Å². The van der Waals surface area contributed by atoms with E-state index >= 15 is 0 Å². The number of nitrogens with two attached hydrogens (primary N) is 1. The molecule has 1 aliphatic carbocycles. The number of carbonyl (C=O) groups excluding carboxylic acids is 1. The lowest BCUT2D eigenvalue weighted by atomic mass is 10.0. The molecule has 0 bridgehead atoms. The van der Waals surface area contributed by atoms with Gasteiger partial charge in [0, 0.05) is 25.2 Å². The molecule has 3 N–H and O–H groups in total. The standard InChI is InChI=1S/C16H24N4O5S/c1-3-19(4-2)26(24,25)11-8-9-14(15(10-11)20(22)23)18-13-7-5-6-12(13)16(17)21/h8-10,12-13,18H,3-7H2,1-2H3,(H2,17,21)/t12-,13-/m1/s1. The number of hydrogen-bond acceptors (Lipinski definition) is 6. The van der Waals surface area contributed by atoms with Crippen LogP contribution in [0.3, 0.4) is 0 Å². The lowest BCUT2D eigenvalue weighted by Gasteiger charge is -2.21. The average Bonchev–Trinajstić information content (AvgIpc) is 3.04. The molecule has 0 aromatic heterocycles. The van der Waals surface area contributed by atoms with E-state index in [-0.39, 0.29) is 35.4 Å². The Morgan fingerprint density at radius 2 is 2.00 bits per heavy atom. The van der Waals surface area contributed by atoms with Crippen LogP contribution in [0.2, 0.25) is 0 Å². The zero-order valence-electron chi connectivity index (χ0n) is 14.8. The third-order valence-corrected chi connectivity index (χ3v) is 6.78. The van der Waals surface area contributed by atoms with Gasteiger partial charge in [-0.25, -0.2) is 8.42 Å². The van der Waals surface area contributed by atoms with E-state index in [4.69, 9.17) is 5.73 Å². The summed E-state index contributed by atoms with van der Waals surface area (Å²) in [5.74, 6) is -0.836. The summed E-state index contributed by atoms with van der Waals surface area (Å²) in [7, 11) is -3.80. The summed E-state index contributed by atoms with van der Waals surface area (Å²) in [5.41, 5.74) is 5.23. The summed E-state index contributed by atoms with van der Waals surface area (Å²) in [6.45, 7) is 3.95. The van der Waals surface area contributed by atoms with E-state index in [0.717, 1.165) is 12.5 Å². The second kappa shape index (κ2) is 8.00. The molecule has 10 heteroatoms. The van der Waals surface area contributed by atoms with Crippen LogP contribution in [0.1, 0.15) is 33.1 Å². The van der Waals surface area contributed by atoms with Crippen LogP contribution in [0.5, 0.6) is 0 Å². The first kappa shape index (κ1) is 20.1. The van der Waals surface area contributed by atoms with Crippen molar-refractivity contribution in [3.05, 3.63) is 28.3 Å². The Bertz CT molecular complexity index is 792. The third-order valence-electron chi connectivity index (χ3n) is 4.73. The van der Waals surface area contributed by atoms with E-state index in [9.17, 15) is 23.3 Å². The molecule has 2 atom stereocenters. The van der Waals surface area contributed by atoms with Gasteiger partial charge in [0.05, 0.1) is 15.7 Å². The number of nitrogens with zero attached hydrogens (tertiary/aromatic N) is 2. The van der Waals surface area contributed by atoms with Crippen molar-refractivity contribution < 1.29 is 18.1 Å². The van der Waals surface area contributed by atoms with Crippen LogP contribution in [0.15, 0.2) is 23.1 Å². The van der Waals surface area contributed by atoms with Gasteiger partial charge in [0.1, 0.15) is 5.69 Å². The molecule has 26 heavy (non-hydrogen) atoms. The fraction of sp³-hybridized carbons (Fsp3) is 0.562. The van der Waals surface area contributed by atoms with Gasteiger partial charge in [-0.05, 0) is 25.0 Å². The SMILES string of the molecule is CCN(CC)S(=O)(=O)c1ccc(N[C@@H]2CCC[C@H]2C(N)=O)c([N+](=O)[O-])c1. The Balaban J connectivity index is 2.38. The number of benzene rings is 1. The second-order valence-corrected chi connectivity index (χ2v) is 8.15. The maximum atomic E-state index is 12.6. The Morgan fingerprint density at radius 3 is 2.54 bits per heavy atom. The van der Waals surface area contributed by atoms with E-state index in [1.54, 1.807) is 13.8 Å². The number of anilines is 1. The van der Waals surface area contributed by atoms with Crippen molar-refractivity contribution in [3.63, 3.8) is 0 Å². The topological polar surface area (TPSA) is 136 Å². The normalized spacial score (nSPS) is 20.3. The number of primary amides is 1. The molecule has 2 rings (SSSR count). The molecular formula is C16H24N4O5S. The summed E-state index contributed by atoms with van der Waals surface area (Å²) < 4.78 is 26.4. The molecule has 0 heterocycles. The Hall–Kier alpha value is -2.20. The molecule has 0 saturated heterocycles. The lowest BCUT2D eigenvalue weighted by molar-refractivity contribution is -0.384. The monoisotopic (exact) mass is 384 g/mol. The number of nitro groups is 1. The second-order valence-electron chi connectivity index (χ2n) is 6.22. The zero-order valence-corrected chi connectivity index (χ0v) is 15.7. The Labute approximate surface area is 152 Å². The summed E-state index contributed by atoms with van der Waals surface area (Å²) in [5, 5.41) is 14.5. The molecule has 1 saturated carbocycles. The van der Waals surface area contributed by atoms with Crippen molar-refractivity contribution in [2.75, 3.05) is 18.4 Å². The number of nitrogens with one attached hydrogen (secondary N) is 1. The van der Waals surface area contributed by atoms with Crippen molar-refractivity contribution in [2.45, 2.75) is 44.0 Å². The van der Waals surface area contributed by atoms with E-state index in [2.05, 4.69) is 5.32 Å². The first-order valence-electron chi connectivity index (χ1n) is 8.56. The quantitative estimate of drug-likeness (QED) is 0.517. The van der Waals surface area contributed by atoms with E-state index in [0.29, 0.717) is 12.8 Å². The minimum atomic E-state index is -3.80. The van der Waals surface area contributed by atoms with Gasteiger partial charge < -0.3 is 11.1 Å². The van der Waals surface area contributed by atoms with Gasteiger partial charge >= 0.3 is 0 Å². The van der Waals surface area contributed by atoms with Crippen molar-refractivity contribution >= 4 is 27.3 Å². The van der Waals surface area contributed by atoms with Gasteiger partial charge in [0.25, 0.3) is 5.69 Å². The average molecular weight is 384 g/mol. The van der Waals surface area contributed by atoms with Gasteiger partial charge in [-0.15, -0.1) is 0 Å². The number of carbonyl (C=O) groups is 1. The fourth-order valence-corrected chi connectivity index (χ4v) is 4.81. The van der Waals surface area contributed by atoms with Gasteiger partial charge in [-0.1, -0.05) is 20.3 Å². The number of rotatable bonds is 8. The molecule has 1 aliphatic rings. The first-order chi connectivity index (χ1) is 12.2. The maximum absolute atomic E-state index is 12.6. The van der Waals surface area contributed by atoms with Gasteiger partial charge in [-0.3, -0.25) is 14.9 Å². The molecule has 0 unspecified atom stereocenters. The molecule has 0 radical (unpaired) electrons. The van der Waals surface area contributed by atoms with Crippen LogP contribution in [-0.2, 0) is 14.8 Å². The lowest BCUT2D eigenvalue weighted by Crippen LogP contribution is -2.34. The number of nitro benzene ring substituents is 1. The fourth-order valence-electron chi connectivity index (χ4n) is 3.33. The van der Waals surface area contributed by atoms with Gasteiger partial charge in [-0.2, -0.15) is 4.31 Å². The highest BCUT2D eigenvalue weighted by Gasteiger charge is 2.33. The minimum Gasteiger partial charge on any atom is -0.376 e. The highest BCUT2D eigenvalue weighted by atomic mass is 32.2. The highest BCUT2D eigenvalue weighted by Crippen LogP contribution is 2.34. The number of hydrogen-bond donors (Lipinski definition) is 2. The maximum Gasteiger partial charge on any atom is 0.293 e. The molecule has 1 amide bonds.